The van der Waals surface area contributed by atoms with Gasteiger partial charge in [0.15, 0.2) is 11.5 Å². The van der Waals surface area contributed by atoms with Crippen molar-refractivity contribution < 1.29 is 37.3 Å². The van der Waals surface area contributed by atoms with Crippen molar-refractivity contribution in [1.82, 2.24) is 0 Å². The Morgan fingerprint density at radius 3 is 2.36 bits per heavy atom. The van der Waals surface area contributed by atoms with E-state index in [2.05, 4.69) is 4.74 Å². The van der Waals surface area contributed by atoms with Crippen molar-refractivity contribution in [3.8, 4) is 28.4 Å². The molecular formula is C17H15F3O5. The quantitative estimate of drug-likeness (QED) is 0.833. The third kappa shape index (κ3) is 4.34. The number of hydrogen-bond acceptors (Lipinski definition) is 4. The number of alkyl halides is 3. The van der Waals surface area contributed by atoms with Gasteiger partial charge < -0.3 is 19.3 Å². The lowest BCUT2D eigenvalue weighted by molar-refractivity contribution is -0.274. The Hall–Kier alpha value is -2.90. The second-order valence-corrected chi connectivity index (χ2v) is 4.84. The maximum Gasteiger partial charge on any atom is 0.573 e. The first-order valence-corrected chi connectivity index (χ1v) is 7.20. The summed E-state index contributed by atoms with van der Waals surface area (Å²) >= 11 is 0. The highest BCUT2D eigenvalue weighted by atomic mass is 19.4. The number of rotatable bonds is 6. The zero-order chi connectivity index (χ0) is 18.6. The minimum atomic E-state index is -4.89. The predicted octanol–water partition coefficient (Wildman–Crippen LogP) is 4.36. The maximum atomic E-state index is 12.7. The standard InChI is InChI=1S/C17H15F3O5/c1-3-24-14-9-10(16(21)22)8-12(15(14)23-2)11-6-4-5-7-13(11)25-17(18,19)20/h4-9H,3H2,1-2H3,(H,21,22). The minimum Gasteiger partial charge on any atom is -0.492 e. The molecule has 2 aromatic rings. The second-order valence-electron chi connectivity index (χ2n) is 4.84. The number of carbonyl (C=O) groups is 1. The topological polar surface area (TPSA) is 65.0 Å². The molecular weight excluding hydrogens is 341 g/mol. The van der Waals surface area contributed by atoms with Gasteiger partial charge in [-0.05, 0) is 25.1 Å². The lowest BCUT2D eigenvalue weighted by Crippen LogP contribution is -2.17. The molecule has 1 N–H and O–H groups in total. The molecule has 2 rings (SSSR count). The molecule has 0 aromatic heterocycles. The van der Waals surface area contributed by atoms with E-state index in [-0.39, 0.29) is 34.8 Å². The van der Waals surface area contributed by atoms with Crippen LogP contribution in [0.1, 0.15) is 17.3 Å². The number of carboxylic acids is 1. The first-order valence-electron chi connectivity index (χ1n) is 7.20. The highest BCUT2D eigenvalue weighted by Crippen LogP contribution is 2.43. The van der Waals surface area contributed by atoms with Gasteiger partial charge in [-0.3, -0.25) is 0 Å². The molecule has 0 bridgehead atoms. The average Bonchev–Trinajstić information content (AvgIpc) is 2.53. The van der Waals surface area contributed by atoms with E-state index in [9.17, 15) is 23.1 Å². The van der Waals surface area contributed by atoms with Crippen molar-refractivity contribution in [2.75, 3.05) is 13.7 Å². The Balaban J connectivity index is 2.71. The molecule has 2 aromatic carbocycles. The fourth-order valence-corrected chi connectivity index (χ4v) is 2.30. The van der Waals surface area contributed by atoms with Crippen molar-refractivity contribution in [2.24, 2.45) is 0 Å². The SMILES string of the molecule is CCOc1cc(C(=O)O)cc(-c2ccccc2OC(F)(F)F)c1OC. The molecule has 0 aliphatic rings. The van der Waals surface area contributed by atoms with Gasteiger partial charge in [-0.25, -0.2) is 4.79 Å². The van der Waals surface area contributed by atoms with Crippen molar-refractivity contribution in [3.05, 3.63) is 42.0 Å². The molecule has 0 unspecified atom stereocenters. The zero-order valence-corrected chi connectivity index (χ0v) is 13.4. The summed E-state index contributed by atoms with van der Waals surface area (Å²) < 4.78 is 52.6. The molecule has 8 heteroatoms. The normalized spacial score (nSPS) is 11.1. The number of hydrogen-bond donors (Lipinski definition) is 1. The summed E-state index contributed by atoms with van der Waals surface area (Å²) in [6, 6.07) is 7.85. The Kier molecular flexibility index (Phi) is 5.41. The maximum absolute atomic E-state index is 12.7. The van der Waals surface area contributed by atoms with Gasteiger partial charge in [0.2, 0.25) is 0 Å². The van der Waals surface area contributed by atoms with Gasteiger partial charge in [0.1, 0.15) is 5.75 Å². The van der Waals surface area contributed by atoms with Gasteiger partial charge in [-0.1, -0.05) is 18.2 Å². The van der Waals surface area contributed by atoms with Gasteiger partial charge in [0.05, 0.1) is 19.3 Å². The molecule has 0 aliphatic heterocycles. The van der Waals surface area contributed by atoms with Crippen molar-refractivity contribution in [3.63, 3.8) is 0 Å². The van der Waals surface area contributed by atoms with E-state index in [1.54, 1.807) is 6.92 Å². The molecule has 0 spiro atoms. The lowest BCUT2D eigenvalue weighted by Gasteiger charge is -2.18. The summed E-state index contributed by atoms with van der Waals surface area (Å²) in [6.45, 7) is 1.91. The number of ether oxygens (including phenoxy) is 3. The highest BCUT2D eigenvalue weighted by Gasteiger charge is 2.32. The van der Waals surface area contributed by atoms with Crippen LogP contribution < -0.4 is 14.2 Å². The summed E-state index contributed by atoms with van der Waals surface area (Å²) in [5.41, 5.74) is -0.00695. The Morgan fingerprint density at radius 1 is 1.12 bits per heavy atom. The molecule has 0 saturated carbocycles. The Morgan fingerprint density at radius 2 is 1.80 bits per heavy atom. The Bertz CT molecular complexity index is 771. The lowest BCUT2D eigenvalue weighted by atomic mass is 10.00. The molecule has 0 fully saturated rings. The molecule has 0 atom stereocenters. The monoisotopic (exact) mass is 356 g/mol. The van der Waals surface area contributed by atoms with E-state index in [1.807, 2.05) is 0 Å². The predicted molar refractivity (Wildman–Crippen MR) is 83.2 cm³/mol. The number of benzene rings is 2. The minimum absolute atomic E-state index is 0.0285. The van der Waals surface area contributed by atoms with E-state index in [0.29, 0.717) is 0 Å². The van der Waals surface area contributed by atoms with Crippen LogP contribution in [-0.2, 0) is 0 Å². The number of methoxy groups -OCH3 is 1. The van der Waals surface area contributed by atoms with Crippen molar-refractivity contribution in [1.29, 1.82) is 0 Å². The van der Waals surface area contributed by atoms with Crippen LogP contribution >= 0.6 is 0 Å². The van der Waals surface area contributed by atoms with Gasteiger partial charge in [0, 0.05) is 11.1 Å². The second kappa shape index (κ2) is 7.33. The van der Waals surface area contributed by atoms with E-state index in [0.717, 1.165) is 6.07 Å². The molecule has 0 aliphatic carbocycles. The molecule has 0 heterocycles. The van der Waals surface area contributed by atoms with Gasteiger partial charge in [-0.2, -0.15) is 0 Å². The summed E-state index contributed by atoms with van der Waals surface area (Å²) in [5.74, 6) is -1.50. The number of para-hydroxylation sites is 1. The van der Waals surface area contributed by atoms with Crippen LogP contribution in [-0.4, -0.2) is 31.2 Å². The Labute approximate surface area is 141 Å². The van der Waals surface area contributed by atoms with E-state index < -0.39 is 18.1 Å². The number of carboxylic acid groups (broad SMARTS) is 1. The number of halogens is 3. The summed E-state index contributed by atoms with van der Waals surface area (Å²) in [7, 11) is 1.31. The number of aromatic carboxylic acids is 1. The van der Waals surface area contributed by atoms with Crippen LogP contribution in [0.2, 0.25) is 0 Å². The summed E-state index contributed by atoms with van der Waals surface area (Å²) in [4.78, 5) is 11.3. The molecule has 5 nitrogen and oxygen atoms in total. The third-order valence-electron chi connectivity index (χ3n) is 3.21. The van der Waals surface area contributed by atoms with Gasteiger partial charge >= 0.3 is 12.3 Å². The van der Waals surface area contributed by atoms with Crippen LogP contribution in [0.3, 0.4) is 0 Å². The fourth-order valence-electron chi connectivity index (χ4n) is 2.30. The zero-order valence-electron chi connectivity index (χ0n) is 13.4. The average molecular weight is 356 g/mol. The molecule has 0 saturated heterocycles. The van der Waals surface area contributed by atoms with E-state index in [4.69, 9.17) is 9.47 Å². The fraction of sp³-hybridized carbons (Fsp3) is 0.235. The van der Waals surface area contributed by atoms with Crippen LogP contribution in [0.15, 0.2) is 36.4 Å². The molecule has 134 valence electrons. The first kappa shape index (κ1) is 18.4. The van der Waals surface area contributed by atoms with E-state index >= 15 is 0 Å². The third-order valence-corrected chi connectivity index (χ3v) is 3.21. The molecule has 25 heavy (non-hydrogen) atoms. The molecule has 0 amide bonds. The summed E-state index contributed by atoms with van der Waals surface area (Å²) in [5, 5.41) is 9.26. The van der Waals surface area contributed by atoms with Crippen molar-refractivity contribution >= 4 is 5.97 Å². The molecule has 0 radical (unpaired) electrons. The van der Waals surface area contributed by atoms with E-state index in [1.165, 1.54) is 37.4 Å². The largest absolute Gasteiger partial charge is 0.573 e. The van der Waals surface area contributed by atoms with Crippen LogP contribution in [0, 0.1) is 0 Å². The van der Waals surface area contributed by atoms with Crippen molar-refractivity contribution in [2.45, 2.75) is 13.3 Å². The van der Waals surface area contributed by atoms with Crippen LogP contribution in [0.5, 0.6) is 17.2 Å². The summed E-state index contributed by atoms with van der Waals surface area (Å²) in [6.07, 6.45) is -4.89. The highest BCUT2D eigenvalue weighted by molar-refractivity contribution is 5.92. The van der Waals surface area contributed by atoms with Crippen LogP contribution in [0.4, 0.5) is 13.2 Å². The van der Waals surface area contributed by atoms with Crippen LogP contribution in [0.25, 0.3) is 11.1 Å². The van der Waals surface area contributed by atoms with Gasteiger partial charge in [-0.15, -0.1) is 13.2 Å². The smallest absolute Gasteiger partial charge is 0.492 e. The van der Waals surface area contributed by atoms with Gasteiger partial charge in [0.25, 0.3) is 0 Å². The first-order chi connectivity index (χ1) is 11.8.